The van der Waals surface area contributed by atoms with E-state index < -0.39 is 10.0 Å². The molecule has 186 valence electrons. The number of nitrogens with zero attached hydrogens (tertiary/aromatic N) is 4. The van der Waals surface area contributed by atoms with Gasteiger partial charge in [-0.15, -0.1) is 10.2 Å². The molecule has 9 nitrogen and oxygen atoms in total. The van der Waals surface area contributed by atoms with E-state index in [1.165, 1.54) is 4.31 Å². The molecule has 0 unspecified atom stereocenters. The Hall–Kier alpha value is -2.89. The molecule has 0 spiro atoms. The number of anilines is 1. The van der Waals surface area contributed by atoms with Crippen LogP contribution >= 0.6 is 15.9 Å². The van der Waals surface area contributed by atoms with Crippen LogP contribution in [0, 0.1) is 0 Å². The van der Waals surface area contributed by atoms with E-state index in [0.717, 1.165) is 5.56 Å². The van der Waals surface area contributed by atoms with Crippen molar-refractivity contribution in [2.75, 3.05) is 51.9 Å². The van der Waals surface area contributed by atoms with Gasteiger partial charge in [0.25, 0.3) is 0 Å². The molecule has 1 aromatic heterocycles. The first kappa shape index (κ1) is 25.2. The summed E-state index contributed by atoms with van der Waals surface area (Å²) in [5.74, 6) is 2.31. The number of hydrogen-bond acceptors (Lipinski definition) is 8. The van der Waals surface area contributed by atoms with E-state index in [1.54, 1.807) is 32.4 Å². The number of aromatic nitrogens is 2. The minimum Gasteiger partial charge on any atom is -0.493 e. The summed E-state index contributed by atoms with van der Waals surface area (Å²) in [6, 6.07) is 14.4. The Kier molecular flexibility index (Phi) is 7.78. The largest absolute Gasteiger partial charge is 0.493 e. The molecule has 0 N–H and O–H groups in total. The van der Waals surface area contributed by atoms with Crippen LogP contribution in [0.25, 0.3) is 11.3 Å². The molecule has 0 bridgehead atoms. The highest BCUT2D eigenvalue weighted by atomic mass is 79.9. The minimum atomic E-state index is -3.70. The summed E-state index contributed by atoms with van der Waals surface area (Å²) in [5.41, 5.74) is 1.56. The lowest BCUT2D eigenvalue weighted by atomic mass is 10.1. The normalized spacial score (nSPS) is 14.6. The van der Waals surface area contributed by atoms with Crippen molar-refractivity contribution in [2.24, 2.45) is 0 Å². The van der Waals surface area contributed by atoms with E-state index in [2.05, 4.69) is 26.1 Å². The van der Waals surface area contributed by atoms with Gasteiger partial charge in [0.05, 0.1) is 26.5 Å². The zero-order chi connectivity index (χ0) is 25.0. The molecule has 2 heterocycles. The predicted octanol–water partition coefficient (Wildman–Crippen LogP) is 3.83. The first-order valence-electron chi connectivity index (χ1n) is 11.1. The first-order chi connectivity index (χ1) is 16.9. The number of methoxy groups -OCH3 is 2. The molecule has 1 fully saturated rings. The number of benzene rings is 2. The van der Waals surface area contributed by atoms with Crippen LogP contribution in [0.2, 0.25) is 0 Å². The fraction of sp³-hybridized carbons (Fsp3) is 0.333. The van der Waals surface area contributed by atoms with Crippen molar-refractivity contribution in [1.82, 2.24) is 14.5 Å². The van der Waals surface area contributed by atoms with Crippen LogP contribution in [0.3, 0.4) is 0 Å². The Labute approximate surface area is 213 Å². The molecule has 2 aromatic carbocycles. The van der Waals surface area contributed by atoms with E-state index in [1.807, 2.05) is 42.2 Å². The summed E-state index contributed by atoms with van der Waals surface area (Å²) >= 11 is 3.37. The van der Waals surface area contributed by atoms with Crippen LogP contribution < -0.4 is 19.1 Å². The van der Waals surface area contributed by atoms with Gasteiger partial charge in [0.2, 0.25) is 10.0 Å². The summed E-state index contributed by atoms with van der Waals surface area (Å²) in [6.07, 6.45) is 0. The Morgan fingerprint density at radius 1 is 0.886 bits per heavy atom. The summed E-state index contributed by atoms with van der Waals surface area (Å²) in [5, 5.41) is 8.75. The zero-order valence-electron chi connectivity index (χ0n) is 19.8. The zero-order valence-corrected chi connectivity index (χ0v) is 22.2. The van der Waals surface area contributed by atoms with Crippen molar-refractivity contribution in [3.63, 3.8) is 0 Å². The van der Waals surface area contributed by atoms with Gasteiger partial charge in [0.15, 0.2) is 17.3 Å². The number of sulfonamides is 1. The third kappa shape index (κ3) is 5.36. The quantitative estimate of drug-likeness (QED) is 0.408. The molecule has 0 atom stereocenters. The predicted molar refractivity (Wildman–Crippen MR) is 137 cm³/mol. The van der Waals surface area contributed by atoms with Gasteiger partial charge in [0, 0.05) is 36.2 Å². The van der Waals surface area contributed by atoms with Crippen LogP contribution in [-0.4, -0.2) is 69.9 Å². The second-order valence-corrected chi connectivity index (χ2v) is 10.6. The molecule has 35 heavy (non-hydrogen) atoms. The van der Waals surface area contributed by atoms with E-state index in [-0.39, 0.29) is 4.90 Å². The molecule has 0 amide bonds. The van der Waals surface area contributed by atoms with E-state index >= 15 is 0 Å². The van der Waals surface area contributed by atoms with Gasteiger partial charge >= 0.3 is 0 Å². The highest BCUT2D eigenvalue weighted by Crippen LogP contribution is 2.33. The van der Waals surface area contributed by atoms with Gasteiger partial charge in [-0.1, -0.05) is 15.9 Å². The highest BCUT2D eigenvalue weighted by molar-refractivity contribution is 9.10. The number of piperazine rings is 1. The van der Waals surface area contributed by atoms with Gasteiger partial charge < -0.3 is 19.1 Å². The number of ether oxygens (including phenoxy) is 3. The third-order valence-corrected chi connectivity index (χ3v) is 8.13. The minimum absolute atomic E-state index is 0.168. The SMILES string of the molecule is CCOc1ccc(Br)cc1S(=O)(=O)N1CCN(c2ccc(-c3ccc(OC)c(OC)c3)nn2)CC1. The molecule has 3 aromatic rings. The fourth-order valence-corrected chi connectivity index (χ4v) is 5.99. The van der Waals surface area contributed by atoms with Gasteiger partial charge in [-0.05, 0) is 55.5 Å². The maximum Gasteiger partial charge on any atom is 0.246 e. The van der Waals surface area contributed by atoms with Gasteiger partial charge in [0.1, 0.15) is 10.6 Å². The molecule has 11 heteroatoms. The monoisotopic (exact) mass is 562 g/mol. The van der Waals surface area contributed by atoms with Crippen LogP contribution in [-0.2, 0) is 10.0 Å². The number of hydrogen-bond donors (Lipinski definition) is 0. The molecular formula is C24H27BrN4O5S. The van der Waals surface area contributed by atoms with Gasteiger partial charge in [-0.25, -0.2) is 8.42 Å². The van der Waals surface area contributed by atoms with Crippen molar-refractivity contribution in [2.45, 2.75) is 11.8 Å². The first-order valence-corrected chi connectivity index (χ1v) is 13.3. The van der Waals surface area contributed by atoms with Crippen molar-refractivity contribution >= 4 is 31.8 Å². The van der Waals surface area contributed by atoms with Crippen LogP contribution in [0.4, 0.5) is 5.82 Å². The Morgan fingerprint density at radius 3 is 2.23 bits per heavy atom. The van der Waals surface area contributed by atoms with E-state index in [9.17, 15) is 8.42 Å². The highest BCUT2D eigenvalue weighted by Gasteiger charge is 2.31. The van der Waals surface area contributed by atoms with Gasteiger partial charge in [-0.3, -0.25) is 0 Å². The average molecular weight is 563 g/mol. The fourth-order valence-electron chi connectivity index (χ4n) is 3.90. The summed E-state index contributed by atoms with van der Waals surface area (Å²) in [4.78, 5) is 2.20. The van der Waals surface area contributed by atoms with Crippen molar-refractivity contribution in [3.8, 4) is 28.5 Å². The summed E-state index contributed by atoms with van der Waals surface area (Å²) < 4.78 is 45.1. The maximum absolute atomic E-state index is 13.3. The molecule has 0 radical (unpaired) electrons. The van der Waals surface area contributed by atoms with Crippen molar-refractivity contribution < 1.29 is 22.6 Å². The molecule has 1 aliphatic heterocycles. The van der Waals surface area contributed by atoms with Crippen molar-refractivity contribution in [1.29, 1.82) is 0 Å². The number of halogens is 1. The van der Waals surface area contributed by atoms with E-state index in [0.29, 0.717) is 66.0 Å². The van der Waals surface area contributed by atoms with Crippen LogP contribution in [0.5, 0.6) is 17.2 Å². The van der Waals surface area contributed by atoms with Gasteiger partial charge in [-0.2, -0.15) is 4.31 Å². The molecular weight excluding hydrogens is 536 g/mol. The summed E-state index contributed by atoms with van der Waals surface area (Å²) in [6.45, 7) is 3.88. The Morgan fingerprint density at radius 2 is 1.60 bits per heavy atom. The average Bonchev–Trinajstić information content (AvgIpc) is 2.89. The maximum atomic E-state index is 13.3. The Bertz CT molecular complexity index is 1280. The smallest absolute Gasteiger partial charge is 0.246 e. The van der Waals surface area contributed by atoms with E-state index in [4.69, 9.17) is 14.2 Å². The molecule has 0 saturated carbocycles. The summed E-state index contributed by atoms with van der Waals surface area (Å²) in [7, 11) is -0.526. The lowest BCUT2D eigenvalue weighted by molar-refractivity contribution is 0.327. The third-order valence-electron chi connectivity index (χ3n) is 5.72. The van der Waals surface area contributed by atoms with Crippen LogP contribution in [0.1, 0.15) is 6.92 Å². The second-order valence-electron chi connectivity index (χ2n) is 7.76. The molecule has 4 rings (SSSR count). The lowest BCUT2D eigenvalue weighted by Gasteiger charge is -2.34. The topological polar surface area (TPSA) is 94.1 Å². The van der Waals surface area contributed by atoms with Crippen molar-refractivity contribution in [3.05, 3.63) is 53.0 Å². The molecule has 0 aliphatic carbocycles. The van der Waals surface area contributed by atoms with Crippen LogP contribution in [0.15, 0.2) is 57.9 Å². The molecule has 1 aliphatic rings. The standard InChI is InChI=1S/C24H27BrN4O5S/c1-4-34-21-9-6-18(25)16-23(21)35(30,31)29-13-11-28(12-14-29)24-10-7-19(26-27-24)17-5-8-20(32-2)22(15-17)33-3/h5-10,15-16H,4,11-14H2,1-3H3. The lowest BCUT2D eigenvalue weighted by Crippen LogP contribution is -2.49. The second kappa shape index (κ2) is 10.8. The molecule has 1 saturated heterocycles. The number of rotatable bonds is 8. The Balaban J connectivity index is 1.46.